The highest BCUT2D eigenvalue weighted by Gasteiger charge is 2.26. The Morgan fingerprint density at radius 1 is 1.19 bits per heavy atom. The highest BCUT2D eigenvalue weighted by Crippen LogP contribution is 2.37. The Hall–Kier alpha value is -1.25. The van der Waals surface area contributed by atoms with Gasteiger partial charge in [0.1, 0.15) is 0 Å². The zero-order valence-electron chi connectivity index (χ0n) is 14.5. The third-order valence-electron chi connectivity index (χ3n) is 4.23. The van der Waals surface area contributed by atoms with Gasteiger partial charge in [-0.15, -0.1) is 11.8 Å². The van der Waals surface area contributed by atoms with Crippen LogP contribution in [0.5, 0.6) is 0 Å². The van der Waals surface area contributed by atoms with Crippen LogP contribution >= 0.6 is 35.0 Å². The molecule has 0 fully saturated rings. The van der Waals surface area contributed by atoms with E-state index in [0.717, 1.165) is 26.9 Å². The van der Waals surface area contributed by atoms with Crippen LogP contribution in [0.1, 0.15) is 18.0 Å². The molecule has 1 aliphatic heterocycles. The fourth-order valence-corrected chi connectivity index (χ4v) is 5.37. The summed E-state index contributed by atoms with van der Waals surface area (Å²) < 4.78 is 26.2. The number of sulfonamides is 1. The Balaban J connectivity index is 1.69. The number of thioether (sulfide) groups is 1. The van der Waals surface area contributed by atoms with Gasteiger partial charge in [0.05, 0.1) is 17.5 Å². The van der Waals surface area contributed by atoms with E-state index < -0.39 is 10.0 Å². The molecule has 3 rings (SSSR count). The van der Waals surface area contributed by atoms with Crippen LogP contribution in [-0.4, -0.2) is 38.0 Å². The van der Waals surface area contributed by atoms with E-state index in [4.69, 9.17) is 23.2 Å². The number of halogens is 2. The van der Waals surface area contributed by atoms with Gasteiger partial charge in [-0.1, -0.05) is 23.2 Å². The number of nitrogens with zero attached hydrogens (tertiary/aromatic N) is 1. The second-order valence-electron chi connectivity index (χ2n) is 6.15. The lowest BCUT2D eigenvalue weighted by atomic mass is 10.0. The van der Waals surface area contributed by atoms with Gasteiger partial charge in [-0.05, 0) is 54.4 Å². The SMILES string of the molecule is CN(CC(=O)NC1CCSc2ccc(Cl)cc21)S(=O)(=O)c1ccc(Cl)cc1. The van der Waals surface area contributed by atoms with Crippen molar-refractivity contribution in [2.45, 2.75) is 22.3 Å². The molecular weight excluding hydrogens is 427 g/mol. The van der Waals surface area contributed by atoms with Gasteiger partial charge < -0.3 is 5.32 Å². The minimum atomic E-state index is -3.77. The summed E-state index contributed by atoms with van der Waals surface area (Å²) in [5.41, 5.74) is 0.968. The van der Waals surface area contributed by atoms with E-state index in [1.54, 1.807) is 11.8 Å². The lowest BCUT2D eigenvalue weighted by molar-refractivity contribution is -0.121. The van der Waals surface area contributed by atoms with Gasteiger partial charge in [-0.3, -0.25) is 4.79 Å². The molecule has 1 unspecified atom stereocenters. The highest BCUT2D eigenvalue weighted by molar-refractivity contribution is 7.99. The molecule has 5 nitrogen and oxygen atoms in total. The van der Waals surface area contributed by atoms with E-state index in [2.05, 4.69) is 5.32 Å². The molecule has 0 saturated heterocycles. The predicted molar refractivity (Wildman–Crippen MR) is 109 cm³/mol. The molecule has 9 heteroatoms. The number of rotatable bonds is 5. The molecule has 1 heterocycles. The summed E-state index contributed by atoms with van der Waals surface area (Å²) in [4.78, 5) is 13.6. The lowest BCUT2D eigenvalue weighted by Crippen LogP contribution is -2.40. The van der Waals surface area contributed by atoms with Crippen molar-refractivity contribution in [2.75, 3.05) is 19.3 Å². The summed E-state index contributed by atoms with van der Waals surface area (Å²) >= 11 is 13.6. The first-order valence-electron chi connectivity index (χ1n) is 8.21. The molecule has 0 aliphatic carbocycles. The van der Waals surface area contributed by atoms with Gasteiger partial charge in [0.2, 0.25) is 15.9 Å². The predicted octanol–water partition coefficient (Wildman–Crippen LogP) is 3.97. The van der Waals surface area contributed by atoms with E-state index in [1.807, 2.05) is 18.2 Å². The van der Waals surface area contributed by atoms with Crippen LogP contribution in [0.15, 0.2) is 52.3 Å². The number of carbonyl (C=O) groups excluding carboxylic acids is 1. The fraction of sp³-hybridized carbons (Fsp3) is 0.278. The van der Waals surface area contributed by atoms with Gasteiger partial charge >= 0.3 is 0 Å². The average Bonchev–Trinajstić information content (AvgIpc) is 2.62. The zero-order chi connectivity index (χ0) is 19.6. The summed E-state index contributed by atoms with van der Waals surface area (Å²) in [6, 6.07) is 11.3. The topological polar surface area (TPSA) is 66.5 Å². The highest BCUT2D eigenvalue weighted by atomic mass is 35.5. The molecule has 1 atom stereocenters. The van der Waals surface area contributed by atoms with Crippen LogP contribution in [0.4, 0.5) is 0 Å². The smallest absolute Gasteiger partial charge is 0.243 e. The third-order valence-corrected chi connectivity index (χ3v) is 7.66. The maximum atomic E-state index is 12.6. The first kappa shape index (κ1) is 20.5. The number of likely N-dealkylation sites (N-methyl/N-ethyl adjacent to an activating group) is 1. The van der Waals surface area contributed by atoms with Crippen LogP contribution in [-0.2, 0) is 14.8 Å². The summed E-state index contributed by atoms with van der Waals surface area (Å²) in [6.45, 7) is -0.273. The number of benzene rings is 2. The molecule has 0 aromatic heterocycles. The zero-order valence-corrected chi connectivity index (χ0v) is 17.6. The minimum Gasteiger partial charge on any atom is -0.348 e. The van der Waals surface area contributed by atoms with Gasteiger partial charge in [-0.2, -0.15) is 4.31 Å². The van der Waals surface area contributed by atoms with Crippen molar-refractivity contribution >= 4 is 50.9 Å². The molecule has 0 saturated carbocycles. The summed E-state index contributed by atoms with van der Waals surface area (Å²) in [5, 5.41) is 3.98. The Morgan fingerprint density at radius 2 is 1.85 bits per heavy atom. The number of carbonyl (C=O) groups is 1. The van der Waals surface area contributed by atoms with Crippen LogP contribution in [0, 0.1) is 0 Å². The van der Waals surface area contributed by atoms with Crippen molar-refractivity contribution in [3.63, 3.8) is 0 Å². The summed E-state index contributed by atoms with van der Waals surface area (Å²) in [7, 11) is -2.39. The summed E-state index contributed by atoms with van der Waals surface area (Å²) in [6.07, 6.45) is 0.761. The summed E-state index contributed by atoms with van der Waals surface area (Å²) in [5.74, 6) is 0.510. The van der Waals surface area contributed by atoms with Crippen LogP contribution < -0.4 is 5.32 Å². The quantitative estimate of drug-likeness (QED) is 0.757. The van der Waals surface area contributed by atoms with Gasteiger partial charge in [0.25, 0.3) is 0 Å². The van der Waals surface area contributed by atoms with Crippen molar-refractivity contribution in [3.8, 4) is 0 Å². The van der Waals surface area contributed by atoms with Crippen LogP contribution in [0.3, 0.4) is 0 Å². The Kier molecular flexibility index (Phi) is 6.38. The van der Waals surface area contributed by atoms with Crippen molar-refractivity contribution in [2.24, 2.45) is 0 Å². The number of hydrogen-bond donors (Lipinski definition) is 1. The largest absolute Gasteiger partial charge is 0.348 e. The van der Waals surface area contributed by atoms with Gasteiger partial charge in [0.15, 0.2) is 0 Å². The molecule has 27 heavy (non-hydrogen) atoms. The van der Waals surface area contributed by atoms with E-state index in [1.165, 1.54) is 31.3 Å². The van der Waals surface area contributed by atoms with Gasteiger partial charge in [-0.25, -0.2) is 8.42 Å². The molecule has 0 spiro atoms. The number of fused-ring (bicyclic) bond motifs is 1. The van der Waals surface area contributed by atoms with Gasteiger partial charge in [0, 0.05) is 27.7 Å². The van der Waals surface area contributed by atoms with E-state index in [9.17, 15) is 13.2 Å². The average molecular weight is 445 g/mol. The number of amides is 1. The molecule has 1 N–H and O–H groups in total. The molecule has 1 aliphatic rings. The molecule has 144 valence electrons. The molecule has 0 radical (unpaired) electrons. The monoisotopic (exact) mass is 444 g/mol. The maximum absolute atomic E-state index is 12.6. The first-order chi connectivity index (χ1) is 12.8. The minimum absolute atomic E-state index is 0.0911. The Morgan fingerprint density at radius 3 is 2.56 bits per heavy atom. The number of hydrogen-bond acceptors (Lipinski definition) is 4. The maximum Gasteiger partial charge on any atom is 0.243 e. The molecule has 0 bridgehead atoms. The van der Waals surface area contributed by atoms with E-state index in [-0.39, 0.29) is 23.4 Å². The number of nitrogens with one attached hydrogen (secondary N) is 1. The van der Waals surface area contributed by atoms with Crippen molar-refractivity contribution < 1.29 is 13.2 Å². The first-order valence-corrected chi connectivity index (χ1v) is 11.4. The normalized spacial score (nSPS) is 16.8. The molecule has 1 amide bonds. The van der Waals surface area contributed by atoms with Crippen LogP contribution in [0.2, 0.25) is 10.0 Å². The molecular formula is C18H18Cl2N2O3S2. The third kappa shape index (κ3) is 4.78. The Labute approximate surface area is 173 Å². The molecule has 2 aromatic rings. The lowest BCUT2D eigenvalue weighted by Gasteiger charge is -2.27. The second-order valence-corrected chi connectivity index (χ2v) is 10.2. The van der Waals surface area contributed by atoms with E-state index in [0.29, 0.717) is 10.0 Å². The molecule has 2 aromatic carbocycles. The van der Waals surface area contributed by atoms with E-state index >= 15 is 0 Å². The van der Waals surface area contributed by atoms with Crippen molar-refractivity contribution in [1.82, 2.24) is 9.62 Å². The van der Waals surface area contributed by atoms with Crippen molar-refractivity contribution in [1.29, 1.82) is 0 Å². The van der Waals surface area contributed by atoms with Crippen molar-refractivity contribution in [3.05, 3.63) is 58.1 Å². The Bertz CT molecular complexity index is 950. The standard InChI is InChI=1S/C18H18Cl2N2O3S2/c1-22(27(24,25)14-5-2-12(19)3-6-14)11-18(23)21-16-8-9-26-17-7-4-13(20)10-15(16)17/h2-7,10,16H,8-9,11H2,1H3,(H,21,23). The van der Waals surface area contributed by atoms with Crippen LogP contribution in [0.25, 0.3) is 0 Å². The second kappa shape index (κ2) is 8.41. The fourth-order valence-electron chi connectivity index (χ4n) is 2.83.